The van der Waals surface area contributed by atoms with Crippen LogP contribution < -0.4 is 15.8 Å². The highest BCUT2D eigenvalue weighted by atomic mass is 16.5. The van der Waals surface area contributed by atoms with Crippen molar-refractivity contribution in [3.8, 4) is 5.75 Å². The first-order chi connectivity index (χ1) is 8.70. The molecule has 1 aromatic carbocycles. The summed E-state index contributed by atoms with van der Waals surface area (Å²) in [5, 5.41) is 2.67. The van der Waals surface area contributed by atoms with Gasteiger partial charge in [0.1, 0.15) is 5.75 Å². The molecule has 0 aliphatic rings. The molecule has 0 spiro atoms. The Hall–Kier alpha value is -2.43. The first-order valence-electron chi connectivity index (χ1n) is 5.58. The molecule has 0 aliphatic carbocycles. The minimum absolute atomic E-state index is 0.239. The number of rotatable bonds is 4. The van der Waals surface area contributed by atoms with Crippen molar-refractivity contribution >= 4 is 17.3 Å². The monoisotopic (exact) mass is 246 g/mol. The SMILES string of the molecule is CCOc1ccc(NC(=O)c2ccco2)c(N)c1. The first kappa shape index (κ1) is 12.0. The highest BCUT2D eigenvalue weighted by Crippen LogP contribution is 2.24. The van der Waals surface area contributed by atoms with Gasteiger partial charge in [-0.2, -0.15) is 0 Å². The number of benzene rings is 1. The second-order valence-corrected chi connectivity index (χ2v) is 3.61. The molecule has 0 unspecified atom stereocenters. The van der Waals surface area contributed by atoms with Gasteiger partial charge in [0, 0.05) is 6.07 Å². The number of hydrogen-bond donors (Lipinski definition) is 2. The van der Waals surface area contributed by atoms with E-state index in [1.165, 1.54) is 6.26 Å². The third kappa shape index (κ3) is 2.63. The Bertz CT molecular complexity index is 535. The van der Waals surface area contributed by atoms with Crippen LogP contribution in [0.15, 0.2) is 41.0 Å². The predicted octanol–water partition coefficient (Wildman–Crippen LogP) is 2.51. The third-order valence-corrected chi connectivity index (χ3v) is 2.33. The van der Waals surface area contributed by atoms with Gasteiger partial charge < -0.3 is 20.2 Å². The van der Waals surface area contributed by atoms with Gasteiger partial charge >= 0.3 is 0 Å². The lowest BCUT2D eigenvalue weighted by atomic mass is 10.2. The van der Waals surface area contributed by atoms with Crippen LogP contribution in [-0.2, 0) is 0 Å². The van der Waals surface area contributed by atoms with Crippen molar-refractivity contribution < 1.29 is 13.9 Å². The zero-order chi connectivity index (χ0) is 13.0. The molecular weight excluding hydrogens is 232 g/mol. The molecule has 2 rings (SSSR count). The average molecular weight is 246 g/mol. The number of anilines is 2. The fourth-order valence-electron chi connectivity index (χ4n) is 1.50. The minimum Gasteiger partial charge on any atom is -0.494 e. The summed E-state index contributed by atoms with van der Waals surface area (Å²) in [5.41, 5.74) is 6.80. The average Bonchev–Trinajstić information content (AvgIpc) is 2.86. The van der Waals surface area contributed by atoms with Crippen molar-refractivity contribution in [1.29, 1.82) is 0 Å². The quantitative estimate of drug-likeness (QED) is 0.812. The van der Waals surface area contributed by atoms with E-state index in [4.69, 9.17) is 14.9 Å². The van der Waals surface area contributed by atoms with Crippen LogP contribution in [0.3, 0.4) is 0 Å². The summed E-state index contributed by atoms with van der Waals surface area (Å²) < 4.78 is 10.3. The molecule has 1 aromatic heterocycles. The fraction of sp³-hybridized carbons (Fsp3) is 0.154. The topological polar surface area (TPSA) is 77.5 Å². The van der Waals surface area contributed by atoms with Gasteiger partial charge in [-0.3, -0.25) is 4.79 Å². The number of nitrogens with one attached hydrogen (secondary N) is 1. The van der Waals surface area contributed by atoms with Gasteiger partial charge in [0.15, 0.2) is 5.76 Å². The zero-order valence-electron chi connectivity index (χ0n) is 9.97. The second kappa shape index (κ2) is 5.27. The van der Waals surface area contributed by atoms with Gasteiger partial charge in [0.25, 0.3) is 5.91 Å². The molecule has 0 atom stereocenters. The molecule has 5 nitrogen and oxygen atoms in total. The van der Waals surface area contributed by atoms with Gasteiger partial charge in [-0.15, -0.1) is 0 Å². The Labute approximate surface area is 105 Å². The lowest BCUT2D eigenvalue weighted by Gasteiger charge is -2.09. The van der Waals surface area contributed by atoms with Gasteiger partial charge in [0.05, 0.1) is 24.2 Å². The number of carbonyl (C=O) groups excluding carboxylic acids is 1. The first-order valence-corrected chi connectivity index (χ1v) is 5.58. The maximum absolute atomic E-state index is 11.7. The van der Waals surface area contributed by atoms with E-state index < -0.39 is 0 Å². The molecule has 0 saturated heterocycles. The lowest BCUT2D eigenvalue weighted by Crippen LogP contribution is -2.12. The fourth-order valence-corrected chi connectivity index (χ4v) is 1.50. The Kier molecular flexibility index (Phi) is 3.52. The van der Waals surface area contributed by atoms with E-state index in [1.54, 1.807) is 30.3 Å². The molecular formula is C13H14N2O3. The Morgan fingerprint density at radius 1 is 1.44 bits per heavy atom. The van der Waals surface area contributed by atoms with E-state index in [9.17, 15) is 4.79 Å². The van der Waals surface area contributed by atoms with Crippen molar-refractivity contribution in [1.82, 2.24) is 0 Å². The highest BCUT2D eigenvalue weighted by Gasteiger charge is 2.10. The van der Waals surface area contributed by atoms with Crippen LogP contribution in [0.1, 0.15) is 17.5 Å². The largest absolute Gasteiger partial charge is 0.494 e. The Morgan fingerprint density at radius 2 is 2.28 bits per heavy atom. The van der Waals surface area contributed by atoms with E-state index >= 15 is 0 Å². The second-order valence-electron chi connectivity index (χ2n) is 3.61. The van der Waals surface area contributed by atoms with E-state index in [0.717, 1.165) is 0 Å². The van der Waals surface area contributed by atoms with Crippen LogP contribution in [0.5, 0.6) is 5.75 Å². The van der Waals surface area contributed by atoms with Crippen LogP contribution in [0.4, 0.5) is 11.4 Å². The number of furan rings is 1. The summed E-state index contributed by atoms with van der Waals surface area (Å²) in [6.45, 7) is 2.46. The van der Waals surface area contributed by atoms with E-state index in [2.05, 4.69) is 5.32 Å². The number of ether oxygens (including phenoxy) is 1. The van der Waals surface area contributed by atoms with Crippen LogP contribution >= 0.6 is 0 Å². The smallest absolute Gasteiger partial charge is 0.291 e. The third-order valence-electron chi connectivity index (χ3n) is 2.33. The van der Waals surface area contributed by atoms with Crippen LogP contribution in [0.2, 0.25) is 0 Å². The van der Waals surface area contributed by atoms with E-state index in [0.29, 0.717) is 23.7 Å². The summed E-state index contributed by atoms with van der Waals surface area (Å²) in [5.74, 6) is 0.574. The molecule has 0 radical (unpaired) electrons. The molecule has 5 heteroatoms. The van der Waals surface area contributed by atoms with Crippen LogP contribution in [0.25, 0.3) is 0 Å². The summed E-state index contributed by atoms with van der Waals surface area (Å²) in [7, 11) is 0. The van der Waals surface area contributed by atoms with Crippen molar-refractivity contribution in [3.05, 3.63) is 42.4 Å². The van der Waals surface area contributed by atoms with E-state index in [1.807, 2.05) is 6.92 Å². The maximum Gasteiger partial charge on any atom is 0.291 e. The zero-order valence-corrected chi connectivity index (χ0v) is 9.97. The lowest BCUT2D eigenvalue weighted by molar-refractivity contribution is 0.0996. The molecule has 18 heavy (non-hydrogen) atoms. The van der Waals surface area contributed by atoms with Crippen molar-refractivity contribution in [2.45, 2.75) is 6.92 Å². The number of nitrogen functional groups attached to an aromatic ring is 1. The molecule has 0 bridgehead atoms. The molecule has 2 aromatic rings. The molecule has 3 N–H and O–H groups in total. The molecule has 0 fully saturated rings. The van der Waals surface area contributed by atoms with Gasteiger partial charge in [-0.25, -0.2) is 0 Å². The Morgan fingerprint density at radius 3 is 2.89 bits per heavy atom. The number of nitrogens with two attached hydrogens (primary N) is 1. The van der Waals surface area contributed by atoms with Gasteiger partial charge in [-0.05, 0) is 31.2 Å². The summed E-state index contributed by atoms with van der Waals surface area (Å²) in [6, 6.07) is 8.34. The van der Waals surface area contributed by atoms with Crippen molar-refractivity contribution in [2.24, 2.45) is 0 Å². The van der Waals surface area contributed by atoms with Gasteiger partial charge in [-0.1, -0.05) is 0 Å². The molecule has 1 heterocycles. The van der Waals surface area contributed by atoms with E-state index in [-0.39, 0.29) is 11.7 Å². The maximum atomic E-state index is 11.7. The predicted molar refractivity (Wildman–Crippen MR) is 68.7 cm³/mol. The van der Waals surface area contributed by atoms with Crippen LogP contribution in [0, 0.1) is 0 Å². The standard InChI is InChI=1S/C13H14N2O3/c1-2-17-9-5-6-11(10(14)8-9)15-13(16)12-4-3-7-18-12/h3-8H,2,14H2,1H3,(H,15,16). The van der Waals surface area contributed by atoms with Crippen LogP contribution in [-0.4, -0.2) is 12.5 Å². The number of amides is 1. The number of hydrogen-bond acceptors (Lipinski definition) is 4. The van der Waals surface area contributed by atoms with Gasteiger partial charge in [0.2, 0.25) is 0 Å². The summed E-state index contributed by atoms with van der Waals surface area (Å²) in [6.07, 6.45) is 1.44. The Balaban J connectivity index is 2.12. The van der Waals surface area contributed by atoms with Crippen molar-refractivity contribution in [2.75, 3.05) is 17.7 Å². The molecule has 0 aliphatic heterocycles. The molecule has 94 valence electrons. The molecule has 0 saturated carbocycles. The minimum atomic E-state index is -0.337. The highest BCUT2D eigenvalue weighted by molar-refractivity contribution is 6.03. The normalized spacial score (nSPS) is 10.1. The molecule has 1 amide bonds. The number of carbonyl (C=O) groups is 1. The summed E-state index contributed by atoms with van der Waals surface area (Å²) in [4.78, 5) is 11.7. The van der Waals surface area contributed by atoms with Crippen molar-refractivity contribution in [3.63, 3.8) is 0 Å². The summed E-state index contributed by atoms with van der Waals surface area (Å²) >= 11 is 0.